The largest absolute Gasteiger partial charge is 0.311 e. The van der Waals surface area contributed by atoms with Crippen LogP contribution in [0.25, 0.3) is 10.1 Å². The molecule has 0 spiro atoms. The summed E-state index contributed by atoms with van der Waals surface area (Å²) < 4.78 is 2.88. The zero-order valence-electron chi connectivity index (χ0n) is 43.2. The van der Waals surface area contributed by atoms with E-state index >= 15 is 0 Å². The molecular weight excluding hydrogens is 804 g/mol. The Labute approximate surface area is 397 Å². The Bertz CT molecular complexity index is 2970. The topological polar surface area (TPSA) is 6.48 Å². The number of fused-ring (bicyclic) bond motifs is 8. The van der Waals surface area contributed by atoms with Crippen molar-refractivity contribution in [2.75, 3.05) is 9.80 Å². The molecule has 0 radical (unpaired) electrons. The minimum Gasteiger partial charge on any atom is -0.311 e. The van der Waals surface area contributed by atoms with E-state index in [2.05, 4.69) is 225 Å². The summed E-state index contributed by atoms with van der Waals surface area (Å²) in [5, 5.41) is 1.41. The van der Waals surface area contributed by atoms with Crippen LogP contribution in [-0.2, 0) is 37.9 Å². The number of hydrogen-bond acceptors (Lipinski definition) is 3. The molecule has 0 unspecified atom stereocenters. The van der Waals surface area contributed by atoms with Gasteiger partial charge in [-0.05, 0) is 174 Å². The molecule has 2 nitrogen and oxygen atoms in total. The molecule has 4 heteroatoms. The number of thiophene rings is 1. The van der Waals surface area contributed by atoms with E-state index in [-0.39, 0.29) is 44.6 Å². The maximum atomic E-state index is 2.76. The zero-order chi connectivity index (χ0) is 46.9. The summed E-state index contributed by atoms with van der Waals surface area (Å²) in [6, 6.07) is 32.9. The first-order valence-corrected chi connectivity index (χ1v) is 25.6. The molecule has 0 saturated heterocycles. The van der Waals surface area contributed by atoms with Crippen LogP contribution in [0.3, 0.4) is 0 Å². The summed E-state index contributed by atoms with van der Waals surface area (Å²) in [6.07, 6.45) is 4.80. The summed E-state index contributed by atoms with van der Waals surface area (Å²) in [5.41, 5.74) is 22.6. The van der Waals surface area contributed by atoms with Crippen molar-refractivity contribution in [3.63, 3.8) is 0 Å². The average Bonchev–Trinajstić information content (AvgIpc) is 3.58. The number of nitrogens with zero attached hydrogens (tertiary/aromatic N) is 2. The second-order valence-electron chi connectivity index (χ2n) is 26.5. The lowest BCUT2D eigenvalue weighted by Gasteiger charge is -2.46. The quantitative estimate of drug-likeness (QED) is 0.160. The molecule has 0 amide bonds. The van der Waals surface area contributed by atoms with Gasteiger partial charge in [-0.25, -0.2) is 0 Å². The maximum Gasteiger partial charge on any atom is 0.264 e. The molecule has 4 aliphatic rings. The highest BCUT2D eigenvalue weighted by Crippen LogP contribution is 2.55. The van der Waals surface area contributed by atoms with Gasteiger partial charge >= 0.3 is 0 Å². The Hall–Kier alpha value is -4.28. The highest BCUT2D eigenvalue weighted by Gasteiger charge is 2.48. The number of anilines is 6. The first kappa shape index (κ1) is 44.6. The Balaban J connectivity index is 1.36. The van der Waals surface area contributed by atoms with Gasteiger partial charge in [-0.3, -0.25) is 0 Å². The molecule has 65 heavy (non-hydrogen) atoms. The van der Waals surface area contributed by atoms with Gasteiger partial charge in [0.05, 0.1) is 5.69 Å². The third kappa shape index (κ3) is 6.83. The molecular formula is C61H75BN2S. The van der Waals surface area contributed by atoms with Crippen LogP contribution < -0.4 is 25.5 Å². The van der Waals surface area contributed by atoms with Crippen LogP contribution in [0.2, 0.25) is 0 Å². The fourth-order valence-corrected chi connectivity index (χ4v) is 13.4. The minimum absolute atomic E-state index is 0.00978. The third-order valence-electron chi connectivity index (χ3n) is 16.8. The summed E-state index contributed by atoms with van der Waals surface area (Å²) >= 11 is 2.07. The highest BCUT2D eigenvalue weighted by molar-refractivity contribution is 7.33. The van der Waals surface area contributed by atoms with Crippen molar-refractivity contribution < 1.29 is 0 Å². The van der Waals surface area contributed by atoms with Crippen molar-refractivity contribution in [3.8, 4) is 0 Å². The van der Waals surface area contributed by atoms with Crippen molar-refractivity contribution >= 4 is 78.0 Å². The standard InChI is InChI=1S/C61H75BN2S/c1-36-29-37(55(2,3)4)20-24-47(36)64-48-30-38(56(5,6)7)19-23-46(48)62-52-49(31-39(32-50(52)64)57(8,9)10)63(40-21-22-42-43(33-40)59(13,14)26-25-58(42,11)12)53-41-34-44-45(35-51(41)65-54(53)62)61(17,18)28-27-60(44,15)16/h19-24,29-35H,25-28H2,1-18H3. The SMILES string of the molecule is Cc1cc(C(C)(C)C)ccc1N1c2cc(C(C)(C)C)ccc2B2c3sc4cc5c(cc4c3N(c3ccc4c(c3)C(C)(C)CCC4(C)C)c3cc(C(C)(C)C)cc1c32)C(C)(C)CCC5(C)C. The maximum absolute atomic E-state index is 2.76. The predicted molar refractivity (Wildman–Crippen MR) is 287 cm³/mol. The van der Waals surface area contributed by atoms with Gasteiger partial charge in [0.2, 0.25) is 0 Å². The molecule has 5 aromatic carbocycles. The number of benzene rings is 5. The number of aryl methyl sites for hydroxylation is 1. The van der Waals surface area contributed by atoms with E-state index in [1.807, 2.05) is 0 Å². The van der Waals surface area contributed by atoms with Crippen molar-refractivity contribution in [2.45, 2.75) is 188 Å². The van der Waals surface area contributed by atoms with Gasteiger partial charge in [0.1, 0.15) is 0 Å². The van der Waals surface area contributed by atoms with E-state index in [0.29, 0.717) is 0 Å². The van der Waals surface area contributed by atoms with Crippen molar-refractivity contribution in [2.24, 2.45) is 0 Å². The van der Waals surface area contributed by atoms with Gasteiger partial charge in [0.25, 0.3) is 6.71 Å². The monoisotopic (exact) mass is 879 g/mol. The number of rotatable bonds is 2. The molecule has 1 aromatic heterocycles. The molecule has 2 aliphatic carbocycles. The van der Waals surface area contributed by atoms with E-state index in [9.17, 15) is 0 Å². The van der Waals surface area contributed by atoms with E-state index in [0.717, 1.165) is 0 Å². The first-order chi connectivity index (χ1) is 30.0. The Morgan fingerprint density at radius 2 is 0.969 bits per heavy atom. The normalized spacial score (nSPS) is 19.1. The predicted octanol–water partition coefficient (Wildman–Crippen LogP) is 15.9. The molecule has 0 fully saturated rings. The Kier molecular flexibility index (Phi) is 9.53. The van der Waals surface area contributed by atoms with Crippen molar-refractivity contribution in [1.29, 1.82) is 0 Å². The van der Waals surface area contributed by atoms with Gasteiger partial charge in [-0.2, -0.15) is 0 Å². The van der Waals surface area contributed by atoms with Crippen molar-refractivity contribution in [3.05, 3.63) is 123 Å². The van der Waals surface area contributed by atoms with Crippen LogP contribution in [0.5, 0.6) is 0 Å². The van der Waals surface area contributed by atoms with Crippen LogP contribution in [0.15, 0.2) is 78.9 Å². The summed E-state index contributed by atoms with van der Waals surface area (Å²) in [4.78, 5) is 5.43. The van der Waals surface area contributed by atoms with Gasteiger partial charge in [-0.15, -0.1) is 11.3 Å². The fraction of sp³-hybridized carbons (Fsp3) is 0.475. The van der Waals surface area contributed by atoms with Gasteiger partial charge < -0.3 is 9.80 Å². The molecule has 0 atom stereocenters. The van der Waals surface area contributed by atoms with Gasteiger partial charge in [0.15, 0.2) is 0 Å². The van der Waals surface area contributed by atoms with Crippen LogP contribution in [0, 0.1) is 6.92 Å². The lowest BCUT2D eigenvalue weighted by Crippen LogP contribution is -2.60. The molecule has 0 saturated carbocycles. The van der Waals surface area contributed by atoms with E-state index in [1.165, 1.54) is 130 Å². The molecule has 10 rings (SSSR count). The van der Waals surface area contributed by atoms with Crippen LogP contribution in [-0.4, -0.2) is 6.71 Å². The summed E-state index contributed by atoms with van der Waals surface area (Å²) in [5.74, 6) is 0. The second-order valence-corrected chi connectivity index (χ2v) is 27.6. The molecule has 2 aliphatic heterocycles. The van der Waals surface area contributed by atoms with Gasteiger partial charge in [0, 0.05) is 43.3 Å². The van der Waals surface area contributed by atoms with Gasteiger partial charge in [-0.1, -0.05) is 148 Å². The lowest BCUT2D eigenvalue weighted by molar-refractivity contribution is 0.332. The third-order valence-corrected chi connectivity index (χ3v) is 18.0. The second kappa shape index (κ2) is 13.9. The Morgan fingerprint density at radius 3 is 1.54 bits per heavy atom. The van der Waals surface area contributed by atoms with E-state index < -0.39 is 0 Å². The van der Waals surface area contributed by atoms with Crippen LogP contribution >= 0.6 is 11.3 Å². The zero-order valence-corrected chi connectivity index (χ0v) is 44.0. The van der Waals surface area contributed by atoms with Crippen LogP contribution in [0.1, 0.15) is 188 Å². The van der Waals surface area contributed by atoms with E-state index in [4.69, 9.17) is 0 Å². The number of hydrogen-bond donors (Lipinski definition) is 0. The summed E-state index contributed by atoms with van der Waals surface area (Å²) in [6.45, 7) is 43.5. The highest BCUT2D eigenvalue weighted by atomic mass is 32.1. The first-order valence-electron chi connectivity index (χ1n) is 24.8. The molecule has 6 aromatic rings. The lowest BCUT2D eigenvalue weighted by atomic mass is 9.36. The van der Waals surface area contributed by atoms with Crippen LogP contribution in [0.4, 0.5) is 34.1 Å². The molecule has 3 heterocycles. The molecule has 0 N–H and O–H groups in total. The summed E-state index contributed by atoms with van der Waals surface area (Å²) in [7, 11) is 0. The molecule has 0 bridgehead atoms. The molecule has 338 valence electrons. The fourth-order valence-electron chi connectivity index (χ4n) is 12.1. The Morgan fingerprint density at radius 1 is 0.477 bits per heavy atom. The van der Waals surface area contributed by atoms with E-state index in [1.54, 1.807) is 0 Å². The minimum atomic E-state index is -0.0927. The van der Waals surface area contributed by atoms with Crippen molar-refractivity contribution in [1.82, 2.24) is 0 Å². The average molecular weight is 879 g/mol. The smallest absolute Gasteiger partial charge is 0.264 e.